The lowest BCUT2D eigenvalue weighted by Crippen LogP contribution is -2.42. The van der Waals surface area contributed by atoms with Crippen molar-refractivity contribution in [2.24, 2.45) is 5.73 Å². The summed E-state index contributed by atoms with van der Waals surface area (Å²) in [7, 11) is 0. The van der Waals surface area contributed by atoms with Crippen molar-refractivity contribution in [2.45, 2.75) is 32.1 Å². The van der Waals surface area contributed by atoms with Gasteiger partial charge in [-0.2, -0.15) is 13.2 Å². The van der Waals surface area contributed by atoms with Crippen LogP contribution in [0.1, 0.15) is 25.5 Å². The average Bonchev–Trinajstić information content (AvgIpc) is 2.27. The summed E-state index contributed by atoms with van der Waals surface area (Å²) in [6.45, 7) is 2.75. The van der Waals surface area contributed by atoms with Crippen molar-refractivity contribution in [1.82, 2.24) is 4.90 Å². The van der Waals surface area contributed by atoms with E-state index in [2.05, 4.69) is 0 Å². The SMILES string of the molecule is CC(C)N(CC(N)c1ccccc1)CC(F)(F)F. The van der Waals surface area contributed by atoms with Gasteiger partial charge in [0.05, 0.1) is 6.54 Å². The lowest BCUT2D eigenvalue weighted by molar-refractivity contribution is -0.150. The summed E-state index contributed by atoms with van der Waals surface area (Å²) in [5.41, 5.74) is 6.80. The van der Waals surface area contributed by atoms with Crippen molar-refractivity contribution < 1.29 is 13.2 Å². The molecule has 0 spiro atoms. The third kappa shape index (κ3) is 5.06. The highest BCUT2D eigenvalue weighted by Crippen LogP contribution is 2.20. The summed E-state index contributed by atoms with van der Waals surface area (Å²) in [5, 5.41) is 0. The van der Waals surface area contributed by atoms with Gasteiger partial charge in [0.25, 0.3) is 0 Å². The van der Waals surface area contributed by atoms with Crippen LogP contribution >= 0.6 is 0 Å². The Labute approximate surface area is 106 Å². The molecule has 1 unspecified atom stereocenters. The van der Waals surface area contributed by atoms with Gasteiger partial charge < -0.3 is 5.73 Å². The van der Waals surface area contributed by atoms with E-state index < -0.39 is 18.8 Å². The second-order valence-electron chi connectivity index (χ2n) is 4.66. The minimum atomic E-state index is -4.19. The van der Waals surface area contributed by atoms with E-state index in [1.807, 2.05) is 30.3 Å². The first kappa shape index (κ1) is 15.0. The van der Waals surface area contributed by atoms with E-state index in [0.717, 1.165) is 5.56 Å². The standard InChI is InChI=1S/C13H19F3N2/c1-10(2)18(9-13(14,15)16)8-12(17)11-6-4-3-5-7-11/h3-7,10,12H,8-9,17H2,1-2H3. The van der Waals surface area contributed by atoms with Gasteiger partial charge >= 0.3 is 6.18 Å². The minimum Gasteiger partial charge on any atom is -0.323 e. The molecule has 0 saturated carbocycles. The van der Waals surface area contributed by atoms with Crippen LogP contribution in [0.3, 0.4) is 0 Å². The molecule has 0 aliphatic heterocycles. The van der Waals surface area contributed by atoms with E-state index in [-0.39, 0.29) is 12.6 Å². The number of nitrogens with two attached hydrogens (primary N) is 1. The van der Waals surface area contributed by atoms with Crippen LogP contribution < -0.4 is 5.73 Å². The first-order chi connectivity index (χ1) is 8.29. The minimum absolute atomic E-state index is 0.193. The zero-order valence-electron chi connectivity index (χ0n) is 10.6. The van der Waals surface area contributed by atoms with Crippen molar-refractivity contribution in [3.8, 4) is 0 Å². The number of benzene rings is 1. The predicted molar refractivity (Wildman–Crippen MR) is 66.1 cm³/mol. The van der Waals surface area contributed by atoms with Gasteiger partial charge in [-0.1, -0.05) is 30.3 Å². The Morgan fingerprint density at radius 3 is 2.17 bits per heavy atom. The molecule has 0 bridgehead atoms. The second kappa shape index (κ2) is 6.20. The number of alkyl halides is 3. The van der Waals surface area contributed by atoms with E-state index in [4.69, 9.17) is 5.73 Å². The van der Waals surface area contributed by atoms with Crippen LogP contribution in [0.25, 0.3) is 0 Å². The van der Waals surface area contributed by atoms with E-state index in [0.29, 0.717) is 0 Å². The van der Waals surface area contributed by atoms with E-state index in [1.165, 1.54) is 4.90 Å². The van der Waals surface area contributed by atoms with Crippen LogP contribution in [-0.4, -0.2) is 30.2 Å². The van der Waals surface area contributed by atoms with E-state index in [9.17, 15) is 13.2 Å². The highest BCUT2D eigenvalue weighted by atomic mass is 19.4. The summed E-state index contributed by atoms with van der Waals surface area (Å²) in [4.78, 5) is 1.34. The Morgan fingerprint density at radius 2 is 1.72 bits per heavy atom. The molecule has 0 heterocycles. The van der Waals surface area contributed by atoms with Crippen LogP contribution in [-0.2, 0) is 0 Å². The van der Waals surface area contributed by atoms with Crippen LogP contribution in [0, 0.1) is 0 Å². The molecule has 1 rings (SSSR count). The second-order valence-corrected chi connectivity index (χ2v) is 4.66. The third-order valence-corrected chi connectivity index (χ3v) is 2.77. The molecule has 1 aromatic carbocycles. The fraction of sp³-hybridized carbons (Fsp3) is 0.538. The Morgan fingerprint density at radius 1 is 1.17 bits per heavy atom. The molecule has 0 aromatic heterocycles. The monoisotopic (exact) mass is 260 g/mol. The highest BCUT2D eigenvalue weighted by Gasteiger charge is 2.32. The van der Waals surface area contributed by atoms with Gasteiger partial charge in [0.15, 0.2) is 0 Å². The average molecular weight is 260 g/mol. The molecule has 0 fully saturated rings. The molecule has 2 nitrogen and oxygen atoms in total. The molecule has 102 valence electrons. The zero-order valence-corrected chi connectivity index (χ0v) is 10.6. The van der Waals surface area contributed by atoms with Gasteiger partial charge in [0.1, 0.15) is 0 Å². The highest BCUT2D eigenvalue weighted by molar-refractivity contribution is 5.18. The van der Waals surface area contributed by atoms with Crippen molar-refractivity contribution in [1.29, 1.82) is 0 Å². The molecule has 2 N–H and O–H groups in total. The fourth-order valence-electron chi connectivity index (χ4n) is 1.75. The van der Waals surface area contributed by atoms with Crippen LogP contribution in [0.4, 0.5) is 13.2 Å². The van der Waals surface area contributed by atoms with Crippen molar-refractivity contribution in [2.75, 3.05) is 13.1 Å². The normalized spacial score (nSPS) is 14.2. The molecule has 18 heavy (non-hydrogen) atoms. The van der Waals surface area contributed by atoms with Crippen LogP contribution in [0.15, 0.2) is 30.3 Å². The molecule has 0 aliphatic rings. The molecular formula is C13H19F3N2. The maximum Gasteiger partial charge on any atom is 0.401 e. The summed E-state index contributed by atoms with van der Waals surface area (Å²) in [6, 6.07) is 8.58. The van der Waals surface area contributed by atoms with Gasteiger partial charge in [-0.3, -0.25) is 4.90 Å². The molecule has 1 aromatic rings. The molecule has 1 atom stereocenters. The largest absolute Gasteiger partial charge is 0.401 e. The van der Waals surface area contributed by atoms with Gasteiger partial charge in [-0.15, -0.1) is 0 Å². The Kier molecular flexibility index (Phi) is 5.16. The van der Waals surface area contributed by atoms with Gasteiger partial charge in [0, 0.05) is 18.6 Å². The molecule has 0 radical (unpaired) electrons. The van der Waals surface area contributed by atoms with Crippen LogP contribution in [0.5, 0.6) is 0 Å². The quantitative estimate of drug-likeness (QED) is 0.882. The van der Waals surface area contributed by atoms with Crippen LogP contribution in [0.2, 0.25) is 0 Å². The van der Waals surface area contributed by atoms with E-state index in [1.54, 1.807) is 13.8 Å². The molecule has 0 amide bonds. The number of hydrogen-bond donors (Lipinski definition) is 1. The van der Waals surface area contributed by atoms with Crippen molar-refractivity contribution >= 4 is 0 Å². The van der Waals surface area contributed by atoms with Crippen molar-refractivity contribution in [3.05, 3.63) is 35.9 Å². The first-order valence-electron chi connectivity index (χ1n) is 5.91. The summed E-state index contributed by atoms with van der Waals surface area (Å²) in [6.07, 6.45) is -4.19. The summed E-state index contributed by atoms with van der Waals surface area (Å²) < 4.78 is 37.3. The predicted octanol–water partition coefficient (Wildman–Crippen LogP) is 2.96. The smallest absolute Gasteiger partial charge is 0.323 e. The number of hydrogen-bond acceptors (Lipinski definition) is 2. The summed E-state index contributed by atoms with van der Waals surface area (Å²) in [5.74, 6) is 0. The molecule has 0 aliphatic carbocycles. The Bertz CT molecular complexity index is 349. The fourth-order valence-corrected chi connectivity index (χ4v) is 1.75. The van der Waals surface area contributed by atoms with Gasteiger partial charge in [-0.05, 0) is 19.4 Å². The van der Waals surface area contributed by atoms with Gasteiger partial charge in [-0.25, -0.2) is 0 Å². The van der Waals surface area contributed by atoms with Crippen molar-refractivity contribution in [3.63, 3.8) is 0 Å². The number of halogens is 3. The lowest BCUT2D eigenvalue weighted by atomic mass is 10.1. The maximum atomic E-state index is 12.4. The van der Waals surface area contributed by atoms with Gasteiger partial charge in [0.2, 0.25) is 0 Å². The topological polar surface area (TPSA) is 29.3 Å². The third-order valence-electron chi connectivity index (χ3n) is 2.77. The Hall–Kier alpha value is -1.07. The first-order valence-corrected chi connectivity index (χ1v) is 5.91. The molecular weight excluding hydrogens is 241 g/mol. The van der Waals surface area contributed by atoms with E-state index >= 15 is 0 Å². The molecule has 5 heteroatoms. The molecule has 0 saturated heterocycles. The zero-order chi connectivity index (χ0) is 13.8. The number of nitrogens with zero attached hydrogens (tertiary/aromatic N) is 1. The maximum absolute atomic E-state index is 12.4. The Balaban J connectivity index is 2.67. The summed E-state index contributed by atoms with van der Waals surface area (Å²) >= 11 is 0. The lowest BCUT2D eigenvalue weighted by Gasteiger charge is -2.30. The number of rotatable bonds is 5.